The molecule has 13 heteroatoms. The van der Waals surface area contributed by atoms with Crippen molar-refractivity contribution in [3.05, 3.63) is 58.7 Å². The van der Waals surface area contributed by atoms with Gasteiger partial charge in [-0.2, -0.15) is 5.10 Å². The minimum absolute atomic E-state index is 0.0715. The molecular weight excluding hydrogens is 520 g/mol. The Hall–Kier alpha value is -3.97. The molecule has 0 saturated carbocycles. The Kier molecular flexibility index (Phi) is 8.36. The second-order valence-corrected chi connectivity index (χ2v) is 12.1. The van der Waals surface area contributed by atoms with Gasteiger partial charge in [-0.15, -0.1) is 0 Å². The first-order valence-corrected chi connectivity index (χ1v) is 14.0. The second kappa shape index (κ2) is 11.0. The number of carbonyl (C=O) groups is 1. The Morgan fingerprint density at radius 1 is 1.18 bits per heavy atom. The average Bonchev–Trinajstić information content (AvgIpc) is 3.15. The van der Waals surface area contributed by atoms with E-state index in [0.29, 0.717) is 22.6 Å². The number of hydrogen-bond acceptors (Lipinski definition) is 9. The zero-order valence-corrected chi connectivity index (χ0v) is 24.3. The number of methoxy groups -OCH3 is 1. The highest BCUT2D eigenvalue weighted by molar-refractivity contribution is 7.92. The van der Waals surface area contributed by atoms with Crippen molar-refractivity contribution in [2.45, 2.75) is 40.0 Å². The van der Waals surface area contributed by atoms with E-state index in [9.17, 15) is 13.2 Å². The van der Waals surface area contributed by atoms with Gasteiger partial charge in [0.25, 0.3) is 5.91 Å². The molecule has 0 radical (unpaired) electrons. The van der Waals surface area contributed by atoms with Crippen molar-refractivity contribution in [2.75, 3.05) is 35.0 Å². The zero-order chi connectivity index (χ0) is 29.3. The van der Waals surface area contributed by atoms with E-state index in [1.54, 1.807) is 43.0 Å². The molecule has 1 amide bonds. The van der Waals surface area contributed by atoms with E-state index >= 15 is 0 Å². The maximum Gasteiger partial charge on any atom is 0.257 e. The SMILES string of the molecule is COc1c(NC(=O)c2cnc(C)c(N(N)CC(=N)c3cnn(C)c3C)c2)cc(C(C)(C)C)cc1NS(C)(=O)=O. The lowest BCUT2D eigenvalue weighted by molar-refractivity contribution is 0.102. The van der Waals surface area contributed by atoms with Crippen LogP contribution in [0.5, 0.6) is 5.75 Å². The van der Waals surface area contributed by atoms with Gasteiger partial charge in [-0.05, 0) is 43.0 Å². The molecule has 3 rings (SSSR count). The third kappa shape index (κ3) is 6.92. The van der Waals surface area contributed by atoms with E-state index in [1.807, 2.05) is 27.7 Å². The molecule has 0 unspecified atom stereocenters. The van der Waals surface area contributed by atoms with E-state index in [2.05, 4.69) is 20.1 Å². The maximum absolute atomic E-state index is 13.4. The molecule has 0 atom stereocenters. The summed E-state index contributed by atoms with van der Waals surface area (Å²) in [5, 5.41) is 16.8. The predicted octanol–water partition coefficient (Wildman–Crippen LogP) is 3.11. The van der Waals surface area contributed by atoms with E-state index in [0.717, 1.165) is 17.5 Å². The first-order valence-electron chi connectivity index (χ1n) is 12.1. The van der Waals surface area contributed by atoms with Gasteiger partial charge in [0.2, 0.25) is 10.0 Å². The number of pyridine rings is 1. The minimum atomic E-state index is -3.62. The topological polar surface area (TPSA) is 168 Å². The molecular formula is C26H36N8O4S. The summed E-state index contributed by atoms with van der Waals surface area (Å²) in [5.41, 5.74) is 4.00. The van der Waals surface area contributed by atoms with Gasteiger partial charge in [0.15, 0.2) is 5.75 Å². The molecule has 3 aromatic rings. The van der Waals surface area contributed by atoms with Gasteiger partial charge >= 0.3 is 0 Å². The Morgan fingerprint density at radius 2 is 1.82 bits per heavy atom. The lowest BCUT2D eigenvalue weighted by atomic mass is 9.86. The number of aromatic nitrogens is 3. The van der Waals surface area contributed by atoms with E-state index in [-0.39, 0.29) is 34.7 Å². The van der Waals surface area contributed by atoms with Crippen molar-refractivity contribution in [1.82, 2.24) is 14.8 Å². The fourth-order valence-corrected chi connectivity index (χ4v) is 4.47. The number of sulfonamides is 1. The lowest BCUT2D eigenvalue weighted by Crippen LogP contribution is -2.37. The Balaban J connectivity index is 1.94. The molecule has 2 heterocycles. The van der Waals surface area contributed by atoms with Crippen LogP contribution in [0.3, 0.4) is 0 Å². The van der Waals surface area contributed by atoms with Gasteiger partial charge in [0.05, 0.1) is 60.1 Å². The monoisotopic (exact) mass is 556 g/mol. The molecule has 210 valence electrons. The molecule has 0 aliphatic rings. The Bertz CT molecular complexity index is 1520. The summed E-state index contributed by atoms with van der Waals surface area (Å²) in [6, 6.07) is 5.03. The number of hydrazine groups is 1. The van der Waals surface area contributed by atoms with Crippen LogP contribution in [0, 0.1) is 19.3 Å². The fraction of sp³-hybridized carbons (Fsp3) is 0.385. The van der Waals surface area contributed by atoms with Crippen molar-refractivity contribution in [1.29, 1.82) is 5.41 Å². The van der Waals surface area contributed by atoms with Gasteiger partial charge in [-0.25, -0.2) is 14.3 Å². The normalized spacial score (nSPS) is 11.7. The van der Waals surface area contributed by atoms with Gasteiger partial charge < -0.3 is 20.5 Å². The second-order valence-electron chi connectivity index (χ2n) is 10.4. The lowest BCUT2D eigenvalue weighted by Gasteiger charge is -2.24. The predicted molar refractivity (Wildman–Crippen MR) is 153 cm³/mol. The Labute approximate surface area is 229 Å². The van der Waals surface area contributed by atoms with Gasteiger partial charge in [-0.3, -0.25) is 19.2 Å². The molecule has 0 saturated heterocycles. The van der Waals surface area contributed by atoms with E-state index < -0.39 is 15.9 Å². The number of nitrogens with zero attached hydrogens (tertiary/aromatic N) is 4. The number of benzene rings is 1. The standard InChI is InChI=1S/C26H36N8O4S/c1-15-23(34(28)14-20(27)19-13-30-33(6)16(19)2)9-17(12-29-15)25(35)31-21-10-18(26(3,4)5)11-22(24(21)38-7)32-39(8,36)37/h9-13,27,32H,14,28H2,1-8H3,(H,31,35). The molecule has 39 heavy (non-hydrogen) atoms. The number of aryl methyl sites for hydroxylation is 2. The van der Waals surface area contributed by atoms with Crippen molar-refractivity contribution in [3.8, 4) is 5.75 Å². The number of anilines is 3. The summed E-state index contributed by atoms with van der Waals surface area (Å²) in [5.74, 6) is 5.99. The number of carbonyl (C=O) groups excluding carboxylic acids is 1. The highest BCUT2D eigenvalue weighted by Crippen LogP contribution is 2.39. The third-order valence-corrected chi connectivity index (χ3v) is 6.81. The molecule has 0 spiro atoms. The molecule has 1 aromatic carbocycles. The smallest absolute Gasteiger partial charge is 0.257 e. The van der Waals surface area contributed by atoms with Crippen LogP contribution in [0.1, 0.15) is 53.6 Å². The van der Waals surface area contributed by atoms with Crippen molar-refractivity contribution >= 4 is 38.7 Å². The summed E-state index contributed by atoms with van der Waals surface area (Å²) in [7, 11) is -0.420. The number of ether oxygens (including phenoxy) is 1. The third-order valence-electron chi connectivity index (χ3n) is 6.22. The van der Waals surface area contributed by atoms with E-state index in [1.165, 1.54) is 18.3 Å². The van der Waals surface area contributed by atoms with Crippen LogP contribution < -0.4 is 25.6 Å². The number of nitrogens with one attached hydrogen (secondary N) is 3. The van der Waals surface area contributed by atoms with Crippen LogP contribution in [0.2, 0.25) is 0 Å². The average molecular weight is 557 g/mol. The maximum atomic E-state index is 13.4. The quantitative estimate of drug-likeness (QED) is 0.177. The number of nitrogens with two attached hydrogens (primary N) is 1. The summed E-state index contributed by atoms with van der Waals surface area (Å²) < 4.78 is 33.7. The van der Waals surface area contributed by atoms with Crippen molar-refractivity contribution < 1.29 is 17.9 Å². The van der Waals surface area contributed by atoms with E-state index in [4.69, 9.17) is 16.0 Å². The van der Waals surface area contributed by atoms with Crippen LogP contribution in [-0.4, -0.2) is 54.7 Å². The van der Waals surface area contributed by atoms with Crippen LogP contribution in [0.15, 0.2) is 30.6 Å². The highest BCUT2D eigenvalue weighted by atomic mass is 32.2. The van der Waals surface area contributed by atoms with Crippen LogP contribution in [-0.2, 0) is 22.5 Å². The first kappa shape index (κ1) is 29.6. The summed E-state index contributed by atoms with van der Waals surface area (Å²) in [6.07, 6.45) is 4.09. The Morgan fingerprint density at radius 3 is 2.36 bits per heavy atom. The van der Waals surface area contributed by atoms with Crippen molar-refractivity contribution in [2.24, 2.45) is 12.9 Å². The van der Waals surface area contributed by atoms with Crippen LogP contribution in [0.25, 0.3) is 0 Å². The highest BCUT2D eigenvalue weighted by Gasteiger charge is 2.23. The summed E-state index contributed by atoms with van der Waals surface area (Å²) in [4.78, 5) is 17.7. The van der Waals surface area contributed by atoms with Gasteiger partial charge in [-0.1, -0.05) is 20.8 Å². The number of hydrogen-bond donors (Lipinski definition) is 4. The van der Waals surface area contributed by atoms with Crippen molar-refractivity contribution in [3.63, 3.8) is 0 Å². The van der Waals surface area contributed by atoms with Gasteiger partial charge in [0.1, 0.15) is 0 Å². The van der Waals surface area contributed by atoms with Gasteiger partial charge in [0, 0.05) is 24.5 Å². The molecule has 0 bridgehead atoms. The molecule has 0 fully saturated rings. The minimum Gasteiger partial charge on any atom is -0.492 e. The molecule has 0 aliphatic carbocycles. The molecule has 5 N–H and O–H groups in total. The largest absolute Gasteiger partial charge is 0.492 e. The summed E-state index contributed by atoms with van der Waals surface area (Å²) in [6.45, 7) is 9.62. The summed E-state index contributed by atoms with van der Waals surface area (Å²) >= 11 is 0. The van der Waals surface area contributed by atoms with Crippen LogP contribution >= 0.6 is 0 Å². The number of amides is 1. The fourth-order valence-electron chi connectivity index (χ4n) is 3.92. The van der Waals surface area contributed by atoms with Crippen LogP contribution in [0.4, 0.5) is 17.1 Å². The first-order chi connectivity index (χ1) is 18.0. The zero-order valence-electron chi connectivity index (χ0n) is 23.5. The molecule has 2 aromatic heterocycles. The number of rotatable bonds is 9. The molecule has 12 nitrogen and oxygen atoms in total. The molecule has 0 aliphatic heterocycles.